The Balaban J connectivity index is 2.11. The van der Waals surface area contributed by atoms with Crippen LogP contribution >= 0.6 is 0 Å². The van der Waals surface area contributed by atoms with Crippen LogP contribution in [0.1, 0.15) is 35.2 Å². The third kappa shape index (κ3) is 3.27. The summed E-state index contributed by atoms with van der Waals surface area (Å²) in [6.07, 6.45) is 3.59. The number of nitrogens with zero attached hydrogens (tertiary/aromatic N) is 1. The Morgan fingerprint density at radius 2 is 1.94 bits per heavy atom. The molecule has 92 valence electrons. The summed E-state index contributed by atoms with van der Waals surface area (Å²) in [5.41, 5.74) is 0.765. The van der Waals surface area contributed by atoms with Crippen LogP contribution in [0.3, 0.4) is 0 Å². The first kappa shape index (κ1) is 12.0. The molecular weight excluding hydrogens is 221 g/mol. The summed E-state index contributed by atoms with van der Waals surface area (Å²) >= 11 is 0. The first-order valence-corrected chi connectivity index (χ1v) is 5.90. The molecule has 17 heavy (non-hydrogen) atoms. The molecule has 0 aromatic heterocycles. The number of piperidine rings is 1. The van der Waals surface area contributed by atoms with E-state index in [-0.39, 0.29) is 5.56 Å². The zero-order valence-corrected chi connectivity index (χ0v) is 9.66. The summed E-state index contributed by atoms with van der Waals surface area (Å²) in [5.74, 6) is -1.55. The highest BCUT2D eigenvalue weighted by atomic mass is 19.1. The average molecular weight is 237 g/mol. The summed E-state index contributed by atoms with van der Waals surface area (Å²) in [6.45, 7) is 2.66. The van der Waals surface area contributed by atoms with Crippen molar-refractivity contribution in [2.75, 3.05) is 13.1 Å². The van der Waals surface area contributed by atoms with Crippen molar-refractivity contribution < 1.29 is 14.3 Å². The van der Waals surface area contributed by atoms with Gasteiger partial charge < -0.3 is 5.11 Å². The predicted octanol–water partition coefficient (Wildman–Crippen LogP) is 2.51. The molecule has 0 atom stereocenters. The molecule has 1 fully saturated rings. The van der Waals surface area contributed by atoms with Crippen molar-refractivity contribution in [2.45, 2.75) is 25.8 Å². The highest BCUT2D eigenvalue weighted by molar-refractivity contribution is 5.87. The fraction of sp³-hybridized carbons (Fsp3) is 0.462. The van der Waals surface area contributed by atoms with Gasteiger partial charge in [0.1, 0.15) is 5.82 Å². The molecule has 0 bridgehead atoms. The van der Waals surface area contributed by atoms with Crippen molar-refractivity contribution >= 4 is 5.97 Å². The second kappa shape index (κ2) is 5.27. The molecule has 0 aliphatic carbocycles. The lowest BCUT2D eigenvalue weighted by Crippen LogP contribution is -2.29. The number of aromatic carboxylic acids is 1. The van der Waals surface area contributed by atoms with Crippen LogP contribution < -0.4 is 0 Å². The van der Waals surface area contributed by atoms with E-state index in [0.717, 1.165) is 24.7 Å². The number of carbonyl (C=O) groups is 1. The maximum atomic E-state index is 13.3. The molecular formula is C13H16FNO2. The van der Waals surface area contributed by atoms with E-state index >= 15 is 0 Å². The molecule has 1 aliphatic heterocycles. The molecule has 0 unspecified atom stereocenters. The second-order valence-electron chi connectivity index (χ2n) is 4.49. The van der Waals surface area contributed by atoms with Gasteiger partial charge >= 0.3 is 5.97 Å². The highest BCUT2D eigenvalue weighted by Crippen LogP contribution is 2.15. The summed E-state index contributed by atoms with van der Waals surface area (Å²) in [7, 11) is 0. The molecule has 2 rings (SSSR count). The standard InChI is InChI=1S/C13H16FNO2/c14-12-7-10(6-11(8-12)13(16)17)9-15-4-2-1-3-5-15/h6-8H,1-5,9H2,(H,16,17). The Bertz CT molecular complexity index is 414. The predicted molar refractivity (Wildman–Crippen MR) is 62.5 cm³/mol. The van der Waals surface area contributed by atoms with E-state index in [1.165, 1.54) is 25.3 Å². The number of hydrogen-bond acceptors (Lipinski definition) is 2. The van der Waals surface area contributed by atoms with Gasteiger partial charge in [-0.25, -0.2) is 9.18 Å². The third-order valence-electron chi connectivity index (χ3n) is 3.06. The zero-order valence-electron chi connectivity index (χ0n) is 9.66. The number of hydrogen-bond donors (Lipinski definition) is 1. The van der Waals surface area contributed by atoms with Gasteiger partial charge in [0, 0.05) is 6.54 Å². The fourth-order valence-electron chi connectivity index (χ4n) is 2.24. The second-order valence-corrected chi connectivity index (χ2v) is 4.49. The van der Waals surface area contributed by atoms with Crippen LogP contribution in [0.4, 0.5) is 4.39 Å². The van der Waals surface area contributed by atoms with E-state index in [2.05, 4.69) is 4.90 Å². The fourth-order valence-corrected chi connectivity index (χ4v) is 2.24. The minimum atomic E-state index is -1.08. The summed E-state index contributed by atoms with van der Waals surface area (Å²) in [6, 6.07) is 4.03. The Morgan fingerprint density at radius 3 is 2.59 bits per heavy atom. The molecule has 0 radical (unpaired) electrons. The van der Waals surface area contributed by atoms with Crippen LogP contribution in [0.5, 0.6) is 0 Å². The SMILES string of the molecule is O=C(O)c1cc(F)cc(CN2CCCCC2)c1. The van der Waals surface area contributed by atoms with Crippen molar-refractivity contribution in [3.63, 3.8) is 0 Å². The van der Waals surface area contributed by atoms with Gasteiger partial charge in [0.25, 0.3) is 0 Å². The van der Waals surface area contributed by atoms with Gasteiger partial charge in [-0.3, -0.25) is 4.90 Å². The van der Waals surface area contributed by atoms with E-state index in [1.54, 1.807) is 6.07 Å². The first-order chi connectivity index (χ1) is 8.15. The first-order valence-electron chi connectivity index (χ1n) is 5.90. The average Bonchev–Trinajstić information content (AvgIpc) is 2.29. The summed E-state index contributed by atoms with van der Waals surface area (Å²) in [5, 5.41) is 8.86. The lowest BCUT2D eigenvalue weighted by molar-refractivity contribution is 0.0696. The molecule has 0 saturated carbocycles. The van der Waals surface area contributed by atoms with Crippen molar-refractivity contribution in [3.05, 3.63) is 35.1 Å². The number of benzene rings is 1. The molecule has 0 amide bonds. The molecule has 1 heterocycles. The van der Waals surface area contributed by atoms with E-state index in [4.69, 9.17) is 5.11 Å². The lowest BCUT2D eigenvalue weighted by atomic mass is 10.1. The molecule has 3 nitrogen and oxygen atoms in total. The van der Waals surface area contributed by atoms with E-state index < -0.39 is 11.8 Å². The van der Waals surface area contributed by atoms with Crippen molar-refractivity contribution in [1.82, 2.24) is 4.90 Å². The van der Waals surface area contributed by atoms with Crippen molar-refractivity contribution in [2.24, 2.45) is 0 Å². The van der Waals surface area contributed by atoms with Gasteiger partial charge in [-0.1, -0.05) is 6.42 Å². The van der Waals surface area contributed by atoms with Crippen LogP contribution in [0.25, 0.3) is 0 Å². The van der Waals surface area contributed by atoms with E-state index in [0.29, 0.717) is 6.54 Å². The topological polar surface area (TPSA) is 40.5 Å². The molecule has 1 aliphatic rings. The van der Waals surface area contributed by atoms with Gasteiger partial charge in [-0.05, 0) is 49.7 Å². The summed E-state index contributed by atoms with van der Waals surface area (Å²) < 4.78 is 13.3. The molecule has 1 aromatic rings. The largest absolute Gasteiger partial charge is 0.478 e. The van der Waals surface area contributed by atoms with Crippen LogP contribution in [0.15, 0.2) is 18.2 Å². The number of carboxylic acid groups (broad SMARTS) is 1. The van der Waals surface area contributed by atoms with Crippen LogP contribution in [-0.2, 0) is 6.54 Å². The number of halogens is 1. The van der Waals surface area contributed by atoms with Gasteiger partial charge in [-0.2, -0.15) is 0 Å². The van der Waals surface area contributed by atoms with Crippen LogP contribution in [-0.4, -0.2) is 29.1 Å². The van der Waals surface area contributed by atoms with Crippen LogP contribution in [0.2, 0.25) is 0 Å². The van der Waals surface area contributed by atoms with Gasteiger partial charge in [0.2, 0.25) is 0 Å². The van der Waals surface area contributed by atoms with Gasteiger partial charge in [0.15, 0.2) is 0 Å². The normalized spacial score (nSPS) is 17.0. The van der Waals surface area contributed by atoms with E-state index in [9.17, 15) is 9.18 Å². The molecule has 0 spiro atoms. The van der Waals surface area contributed by atoms with Crippen LogP contribution in [0, 0.1) is 5.82 Å². The Hall–Kier alpha value is -1.42. The van der Waals surface area contributed by atoms with Gasteiger partial charge in [0.05, 0.1) is 5.56 Å². The number of rotatable bonds is 3. The molecule has 1 aromatic carbocycles. The Labute approximate surface area is 99.9 Å². The van der Waals surface area contributed by atoms with Gasteiger partial charge in [-0.15, -0.1) is 0 Å². The van der Waals surface area contributed by atoms with Crippen molar-refractivity contribution in [1.29, 1.82) is 0 Å². The quantitative estimate of drug-likeness (QED) is 0.878. The molecule has 4 heteroatoms. The maximum absolute atomic E-state index is 13.3. The minimum absolute atomic E-state index is 0.0250. The van der Waals surface area contributed by atoms with Crippen molar-refractivity contribution in [3.8, 4) is 0 Å². The Morgan fingerprint density at radius 1 is 1.24 bits per heavy atom. The van der Waals surface area contributed by atoms with E-state index in [1.807, 2.05) is 0 Å². The monoisotopic (exact) mass is 237 g/mol. The smallest absolute Gasteiger partial charge is 0.335 e. The summed E-state index contributed by atoms with van der Waals surface area (Å²) in [4.78, 5) is 13.1. The number of likely N-dealkylation sites (tertiary alicyclic amines) is 1. The highest BCUT2D eigenvalue weighted by Gasteiger charge is 2.12. The minimum Gasteiger partial charge on any atom is -0.478 e. The molecule has 1 N–H and O–H groups in total. The third-order valence-corrected chi connectivity index (χ3v) is 3.06. The Kier molecular flexibility index (Phi) is 3.74. The maximum Gasteiger partial charge on any atom is 0.335 e. The number of carboxylic acids is 1. The lowest BCUT2D eigenvalue weighted by Gasteiger charge is -2.26. The zero-order chi connectivity index (χ0) is 12.3. The molecule has 1 saturated heterocycles.